The van der Waals surface area contributed by atoms with Gasteiger partial charge in [-0.3, -0.25) is 0 Å². The highest BCUT2D eigenvalue weighted by Crippen LogP contribution is 2.36. The van der Waals surface area contributed by atoms with Gasteiger partial charge in [0.1, 0.15) is 0 Å². The van der Waals surface area contributed by atoms with Crippen LogP contribution in [0.25, 0.3) is 0 Å². The Labute approximate surface area is 127 Å². The summed E-state index contributed by atoms with van der Waals surface area (Å²) < 4.78 is 22.6. The van der Waals surface area contributed by atoms with Gasteiger partial charge in [-0.15, -0.1) is 0 Å². The van der Waals surface area contributed by atoms with E-state index in [1.54, 1.807) is 14.2 Å². The number of ether oxygens (including phenoxy) is 1. The predicted octanol–water partition coefficient (Wildman–Crippen LogP) is 3.78. The molecule has 122 valence electrons. The Morgan fingerprint density at radius 3 is 1.85 bits per heavy atom. The molecule has 0 bridgehead atoms. The van der Waals surface area contributed by atoms with E-state index in [1.807, 2.05) is 0 Å². The van der Waals surface area contributed by atoms with Crippen LogP contribution < -0.4 is 0 Å². The van der Waals surface area contributed by atoms with Crippen molar-refractivity contribution in [3.05, 3.63) is 0 Å². The number of hydrogen-bond donors (Lipinski definition) is 0. The molecule has 0 aromatic heterocycles. The third-order valence-corrected chi connectivity index (χ3v) is 11.6. The second kappa shape index (κ2) is 8.65. The van der Waals surface area contributed by atoms with Crippen LogP contribution in [0, 0.1) is 0 Å². The van der Waals surface area contributed by atoms with Crippen LogP contribution in [0.1, 0.15) is 27.2 Å². The molecule has 0 N–H and O–H groups in total. The summed E-state index contributed by atoms with van der Waals surface area (Å²) in [6, 6.07) is 0.864. The predicted molar refractivity (Wildman–Crippen MR) is 89.0 cm³/mol. The van der Waals surface area contributed by atoms with Gasteiger partial charge in [0.2, 0.25) is 0 Å². The molecule has 0 heterocycles. The van der Waals surface area contributed by atoms with Gasteiger partial charge in [-0.05, 0) is 31.1 Å². The van der Waals surface area contributed by atoms with Crippen molar-refractivity contribution in [2.24, 2.45) is 0 Å². The molecule has 0 radical (unpaired) electrons. The molecule has 0 saturated carbocycles. The summed E-state index contributed by atoms with van der Waals surface area (Å²) in [7, 11) is -0.151. The lowest BCUT2D eigenvalue weighted by Crippen LogP contribution is -2.41. The SMILES string of the molecule is CO[Si](C)(CCOCCCO[Si](C)(C)C(C)(C)C)OC. The van der Waals surface area contributed by atoms with Gasteiger partial charge in [0.05, 0.1) is 0 Å². The fourth-order valence-corrected chi connectivity index (χ4v) is 3.53. The van der Waals surface area contributed by atoms with E-state index in [9.17, 15) is 0 Å². The van der Waals surface area contributed by atoms with Gasteiger partial charge in [0, 0.05) is 40.1 Å². The number of hydrogen-bond acceptors (Lipinski definition) is 4. The molecule has 0 rings (SSSR count). The Morgan fingerprint density at radius 1 is 0.850 bits per heavy atom. The lowest BCUT2D eigenvalue weighted by atomic mass is 10.2. The molecule has 0 unspecified atom stereocenters. The first-order valence-electron chi connectivity index (χ1n) is 7.40. The Balaban J connectivity index is 3.70. The molecule has 0 atom stereocenters. The zero-order chi connectivity index (χ0) is 15.9. The summed E-state index contributed by atoms with van der Waals surface area (Å²) in [6.07, 6.45) is 0.949. The molecular formula is C14H34O4Si2. The van der Waals surface area contributed by atoms with E-state index < -0.39 is 16.9 Å². The molecule has 0 aliphatic carbocycles. The summed E-state index contributed by atoms with van der Waals surface area (Å²) in [5.74, 6) is 0. The van der Waals surface area contributed by atoms with Gasteiger partial charge in [-0.1, -0.05) is 20.8 Å². The summed E-state index contributed by atoms with van der Waals surface area (Å²) in [5.41, 5.74) is 0. The highest BCUT2D eigenvalue weighted by Gasteiger charge is 2.36. The van der Waals surface area contributed by atoms with Gasteiger partial charge < -0.3 is 18.0 Å². The molecular weight excluding hydrogens is 288 g/mol. The van der Waals surface area contributed by atoms with E-state index in [-0.39, 0.29) is 5.04 Å². The summed E-state index contributed by atoms with van der Waals surface area (Å²) in [4.78, 5) is 0. The van der Waals surface area contributed by atoms with Crippen LogP contribution in [-0.2, 0) is 18.0 Å². The molecule has 4 nitrogen and oxygen atoms in total. The zero-order valence-corrected chi connectivity index (χ0v) is 16.7. The quantitative estimate of drug-likeness (QED) is 0.453. The maximum atomic E-state index is 6.10. The van der Waals surface area contributed by atoms with Crippen LogP contribution >= 0.6 is 0 Å². The van der Waals surface area contributed by atoms with Crippen LogP contribution in [0.3, 0.4) is 0 Å². The molecule has 0 spiro atoms. The molecule has 0 fully saturated rings. The van der Waals surface area contributed by atoms with Gasteiger partial charge in [-0.2, -0.15) is 0 Å². The van der Waals surface area contributed by atoms with Gasteiger partial charge >= 0.3 is 8.56 Å². The molecule has 0 aromatic rings. The fourth-order valence-electron chi connectivity index (χ4n) is 1.35. The molecule has 0 aromatic carbocycles. The zero-order valence-electron chi connectivity index (χ0n) is 14.7. The summed E-state index contributed by atoms with van der Waals surface area (Å²) in [5, 5.41) is 0.276. The highest BCUT2D eigenvalue weighted by atomic mass is 28.4. The average Bonchev–Trinajstić information content (AvgIpc) is 2.36. The van der Waals surface area contributed by atoms with E-state index in [1.165, 1.54) is 0 Å². The van der Waals surface area contributed by atoms with Crippen LogP contribution in [0.2, 0.25) is 30.7 Å². The topological polar surface area (TPSA) is 36.9 Å². The van der Waals surface area contributed by atoms with E-state index in [0.717, 1.165) is 25.7 Å². The minimum Gasteiger partial charge on any atom is -0.417 e. The maximum Gasteiger partial charge on any atom is 0.336 e. The lowest BCUT2D eigenvalue weighted by Gasteiger charge is -2.36. The molecule has 0 aliphatic rings. The van der Waals surface area contributed by atoms with Crippen LogP contribution in [-0.4, -0.2) is 50.9 Å². The minimum atomic E-state index is -1.97. The van der Waals surface area contributed by atoms with Crippen molar-refractivity contribution in [1.29, 1.82) is 0 Å². The first-order chi connectivity index (χ1) is 9.08. The van der Waals surface area contributed by atoms with Crippen molar-refractivity contribution < 1.29 is 18.0 Å². The Hall–Kier alpha value is 0.274. The largest absolute Gasteiger partial charge is 0.417 e. The second-order valence-corrected chi connectivity index (χ2v) is 15.3. The number of rotatable bonds is 10. The summed E-state index contributed by atoms with van der Waals surface area (Å²) in [6.45, 7) is 15.6. The smallest absolute Gasteiger partial charge is 0.336 e. The Bertz CT molecular complexity index is 260. The van der Waals surface area contributed by atoms with Crippen molar-refractivity contribution in [1.82, 2.24) is 0 Å². The highest BCUT2D eigenvalue weighted by molar-refractivity contribution is 6.74. The maximum absolute atomic E-state index is 6.10. The Kier molecular flexibility index (Phi) is 8.77. The third kappa shape index (κ3) is 7.33. The molecule has 0 aliphatic heterocycles. The van der Waals surface area contributed by atoms with Gasteiger partial charge in [-0.25, -0.2) is 0 Å². The van der Waals surface area contributed by atoms with Crippen molar-refractivity contribution in [3.8, 4) is 0 Å². The van der Waals surface area contributed by atoms with E-state index in [0.29, 0.717) is 6.61 Å². The van der Waals surface area contributed by atoms with Crippen molar-refractivity contribution >= 4 is 16.9 Å². The minimum absolute atomic E-state index is 0.276. The van der Waals surface area contributed by atoms with Crippen molar-refractivity contribution in [2.75, 3.05) is 34.0 Å². The second-order valence-electron chi connectivity index (χ2n) is 6.87. The van der Waals surface area contributed by atoms with E-state index >= 15 is 0 Å². The van der Waals surface area contributed by atoms with Crippen LogP contribution in [0.5, 0.6) is 0 Å². The molecule has 0 amide bonds. The van der Waals surface area contributed by atoms with Crippen LogP contribution in [0.15, 0.2) is 0 Å². The standard InChI is InChI=1S/C14H34O4Si2/c1-14(2,3)19(6,7)18-11-9-10-17-12-13-20(8,15-4)16-5/h9-13H2,1-8H3. The normalized spacial score (nSPS) is 13.8. The first kappa shape index (κ1) is 20.3. The average molecular weight is 323 g/mol. The third-order valence-electron chi connectivity index (χ3n) is 4.27. The first-order valence-corrected chi connectivity index (χ1v) is 12.8. The van der Waals surface area contributed by atoms with Crippen molar-refractivity contribution in [3.63, 3.8) is 0 Å². The summed E-state index contributed by atoms with van der Waals surface area (Å²) >= 11 is 0. The van der Waals surface area contributed by atoms with Gasteiger partial charge in [0.15, 0.2) is 8.32 Å². The molecule has 0 saturated heterocycles. The van der Waals surface area contributed by atoms with Crippen molar-refractivity contribution in [2.45, 2.75) is 57.9 Å². The molecule has 6 heteroatoms. The van der Waals surface area contributed by atoms with Gasteiger partial charge in [0.25, 0.3) is 0 Å². The van der Waals surface area contributed by atoms with E-state index in [4.69, 9.17) is 18.0 Å². The van der Waals surface area contributed by atoms with E-state index in [2.05, 4.69) is 40.4 Å². The lowest BCUT2D eigenvalue weighted by molar-refractivity contribution is 0.120. The fraction of sp³-hybridized carbons (Fsp3) is 1.00. The van der Waals surface area contributed by atoms with Crippen LogP contribution in [0.4, 0.5) is 0 Å². The monoisotopic (exact) mass is 322 g/mol. The Morgan fingerprint density at radius 2 is 1.40 bits per heavy atom. The molecule has 20 heavy (non-hydrogen) atoms.